The third kappa shape index (κ3) is 2.02. The molecule has 4 nitrogen and oxygen atoms in total. The van der Waals surface area contributed by atoms with Crippen LogP contribution in [0.25, 0.3) is 0 Å². The van der Waals surface area contributed by atoms with Crippen LogP contribution in [0.3, 0.4) is 0 Å². The Hall–Kier alpha value is -2.08. The van der Waals surface area contributed by atoms with Crippen molar-refractivity contribution in [3.05, 3.63) is 46.2 Å². The van der Waals surface area contributed by atoms with Crippen LogP contribution in [0.15, 0.2) is 34.8 Å². The third-order valence-corrected chi connectivity index (χ3v) is 3.49. The largest absolute Gasteiger partial charge is 0.494 e. The summed E-state index contributed by atoms with van der Waals surface area (Å²) in [5, 5.41) is 5.73. The average molecular weight is 337 g/mol. The van der Waals surface area contributed by atoms with Crippen molar-refractivity contribution in [1.29, 1.82) is 0 Å². The quantitative estimate of drug-likeness (QED) is 0.830. The summed E-state index contributed by atoms with van der Waals surface area (Å²) in [4.78, 5) is 12.2. The number of rotatable bonds is 1. The summed E-state index contributed by atoms with van der Waals surface area (Å²) in [7, 11) is 1.51. The number of nitrogens with one attached hydrogen (secondary N) is 2. The molecule has 0 aliphatic carbocycles. The Morgan fingerprint density at radius 3 is 2.75 bits per heavy atom. The molecule has 1 amide bonds. The lowest BCUT2D eigenvalue weighted by molar-refractivity contribution is 0.102. The lowest BCUT2D eigenvalue weighted by Gasteiger charge is -2.12. The van der Waals surface area contributed by atoms with E-state index in [0.29, 0.717) is 27.3 Å². The van der Waals surface area contributed by atoms with Crippen molar-refractivity contribution in [2.24, 2.45) is 0 Å². The van der Waals surface area contributed by atoms with Gasteiger partial charge in [0.1, 0.15) is 17.3 Å². The molecule has 2 aromatic carbocycles. The van der Waals surface area contributed by atoms with Gasteiger partial charge in [-0.05, 0) is 24.3 Å². The second-order valence-electron chi connectivity index (χ2n) is 4.27. The zero-order chi connectivity index (χ0) is 14.3. The molecular weight excluding hydrogens is 327 g/mol. The van der Waals surface area contributed by atoms with E-state index in [1.54, 1.807) is 24.3 Å². The molecule has 0 saturated heterocycles. The van der Waals surface area contributed by atoms with E-state index in [9.17, 15) is 9.18 Å². The molecule has 0 saturated carbocycles. The van der Waals surface area contributed by atoms with Crippen LogP contribution in [0.5, 0.6) is 5.75 Å². The van der Waals surface area contributed by atoms with Gasteiger partial charge in [0.25, 0.3) is 5.91 Å². The van der Waals surface area contributed by atoms with Gasteiger partial charge in [-0.15, -0.1) is 0 Å². The minimum Gasteiger partial charge on any atom is -0.494 e. The normalized spacial score (nSPS) is 12.7. The Bertz CT molecular complexity index is 719. The second-order valence-corrected chi connectivity index (χ2v) is 5.19. The van der Waals surface area contributed by atoms with Gasteiger partial charge in [-0.1, -0.05) is 22.0 Å². The molecule has 0 aromatic heterocycles. The number of hydrogen-bond donors (Lipinski definition) is 2. The minimum atomic E-state index is -0.592. The van der Waals surface area contributed by atoms with E-state index in [2.05, 4.69) is 26.6 Å². The SMILES string of the molecule is COc1cccc2c1NC(=O)c1c(F)cc(Br)cc1N2. The highest BCUT2D eigenvalue weighted by atomic mass is 79.9. The van der Waals surface area contributed by atoms with Crippen LogP contribution < -0.4 is 15.4 Å². The first-order valence-corrected chi connectivity index (χ1v) is 6.64. The van der Waals surface area contributed by atoms with Crippen molar-refractivity contribution in [3.63, 3.8) is 0 Å². The van der Waals surface area contributed by atoms with Gasteiger partial charge in [0.05, 0.1) is 24.0 Å². The number of amides is 1. The van der Waals surface area contributed by atoms with E-state index in [1.807, 2.05) is 0 Å². The molecule has 2 N–H and O–H groups in total. The molecule has 1 aliphatic heterocycles. The third-order valence-electron chi connectivity index (χ3n) is 3.04. The Morgan fingerprint density at radius 2 is 2.00 bits per heavy atom. The molecule has 0 atom stereocenters. The molecule has 0 fully saturated rings. The van der Waals surface area contributed by atoms with Crippen LogP contribution in [0.1, 0.15) is 10.4 Å². The summed E-state index contributed by atoms with van der Waals surface area (Å²) in [6, 6.07) is 8.21. The maximum atomic E-state index is 14.0. The average Bonchev–Trinajstić information content (AvgIpc) is 2.53. The molecule has 0 unspecified atom stereocenters. The minimum absolute atomic E-state index is 0.0218. The van der Waals surface area contributed by atoms with Crippen LogP contribution in [-0.4, -0.2) is 13.0 Å². The first kappa shape index (κ1) is 12.9. The van der Waals surface area contributed by atoms with E-state index in [4.69, 9.17) is 4.74 Å². The molecule has 102 valence electrons. The van der Waals surface area contributed by atoms with Crippen molar-refractivity contribution in [3.8, 4) is 5.75 Å². The summed E-state index contributed by atoms with van der Waals surface area (Å²) < 4.78 is 19.8. The van der Waals surface area contributed by atoms with E-state index in [1.165, 1.54) is 13.2 Å². The van der Waals surface area contributed by atoms with Gasteiger partial charge in [0, 0.05) is 4.47 Å². The summed E-state index contributed by atoms with van der Waals surface area (Å²) in [6.45, 7) is 0. The fourth-order valence-corrected chi connectivity index (χ4v) is 2.59. The Balaban J connectivity index is 2.22. The van der Waals surface area contributed by atoms with Gasteiger partial charge >= 0.3 is 0 Å². The maximum absolute atomic E-state index is 14.0. The van der Waals surface area contributed by atoms with Crippen molar-refractivity contribution >= 4 is 38.9 Å². The van der Waals surface area contributed by atoms with Crippen LogP contribution in [0.4, 0.5) is 21.5 Å². The van der Waals surface area contributed by atoms with Gasteiger partial charge in [0.15, 0.2) is 0 Å². The molecule has 0 bridgehead atoms. The molecule has 3 rings (SSSR count). The fourth-order valence-electron chi connectivity index (χ4n) is 2.16. The van der Waals surface area contributed by atoms with Crippen molar-refractivity contribution < 1.29 is 13.9 Å². The fraction of sp³-hybridized carbons (Fsp3) is 0.0714. The van der Waals surface area contributed by atoms with Crippen LogP contribution in [0.2, 0.25) is 0 Å². The van der Waals surface area contributed by atoms with Gasteiger partial charge < -0.3 is 15.4 Å². The van der Waals surface area contributed by atoms with Crippen molar-refractivity contribution in [2.75, 3.05) is 17.7 Å². The molecular formula is C14H10BrFN2O2. The molecule has 6 heteroatoms. The first-order chi connectivity index (χ1) is 9.60. The summed E-state index contributed by atoms with van der Waals surface area (Å²) in [5.74, 6) is -0.595. The first-order valence-electron chi connectivity index (χ1n) is 5.84. The van der Waals surface area contributed by atoms with Gasteiger partial charge in [-0.25, -0.2) is 4.39 Å². The molecule has 2 aromatic rings. The van der Waals surface area contributed by atoms with E-state index in [-0.39, 0.29) is 5.56 Å². The zero-order valence-electron chi connectivity index (χ0n) is 10.5. The van der Waals surface area contributed by atoms with Crippen LogP contribution >= 0.6 is 15.9 Å². The van der Waals surface area contributed by atoms with Crippen LogP contribution in [0, 0.1) is 5.82 Å². The highest BCUT2D eigenvalue weighted by Crippen LogP contribution is 2.39. The topological polar surface area (TPSA) is 50.4 Å². The molecule has 1 heterocycles. The summed E-state index contributed by atoms with van der Waals surface area (Å²) >= 11 is 3.22. The van der Waals surface area contributed by atoms with Gasteiger partial charge in [-0.2, -0.15) is 0 Å². The summed E-state index contributed by atoms with van der Waals surface area (Å²) in [6.07, 6.45) is 0. The summed E-state index contributed by atoms with van der Waals surface area (Å²) in [5.41, 5.74) is 1.52. The number of methoxy groups -OCH3 is 1. The monoisotopic (exact) mass is 336 g/mol. The number of anilines is 3. The maximum Gasteiger partial charge on any atom is 0.260 e. The molecule has 1 aliphatic rings. The number of carbonyl (C=O) groups is 1. The number of para-hydroxylation sites is 1. The predicted octanol–water partition coefficient (Wildman–Crippen LogP) is 3.91. The number of benzene rings is 2. The number of ether oxygens (including phenoxy) is 1. The molecule has 0 radical (unpaired) electrons. The van der Waals surface area contributed by atoms with Crippen LogP contribution in [-0.2, 0) is 0 Å². The standard InChI is InChI=1S/C14H10BrFN2O2/c1-20-11-4-2-3-9-13(11)18-14(19)12-8(16)5-7(15)6-10(12)17-9/h2-6,17H,1H3,(H,18,19). The second kappa shape index (κ2) is 4.79. The van der Waals surface area contributed by atoms with E-state index in [0.717, 1.165) is 0 Å². The van der Waals surface area contributed by atoms with E-state index >= 15 is 0 Å². The number of carbonyl (C=O) groups excluding carboxylic acids is 1. The number of hydrogen-bond acceptors (Lipinski definition) is 3. The lowest BCUT2D eigenvalue weighted by Crippen LogP contribution is -2.13. The highest BCUT2D eigenvalue weighted by molar-refractivity contribution is 9.10. The smallest absolute Gasteiger partial charge is 0.260 e. The Kier molecular flexibility index (Phi) is 3.10. The number of halogens is 2. The zero-order valence-corrected chi connectivity index (χ0v) is 12.0. The van der Waals surface area contributed by atoms with Gasteiger partial charge in [0.2, 0.25) is 0 Å². The van der Waals surface area contributed by atoms with E-state index < -0.39 is 11.7 Å². The highest BCUT2D eigenvalue weighted by Gasteiger charge is 2.24. The Labute approximate surface area is 123 Å². The molecule has 0 spiro atoms. The Morgan fingerprint density at radius 1 is 1.20 bits per heavy atom. The van der Waals surface area contributed by atoms with Crippen molar-refractivity contribution in [1.82, 2.24) is 0 Å². The lowest BCUT2D eigenvalue weighted by atomic mass is 10.1. The van der Waals surface area contributed by atoms with Crippen molar-refractivity contribution in [2.45, 2.75) is 0 Å². The van der Waals surface area contributed by atoms with Gasteiger partial charge in [-0.3, -0.25) is 4.79 Å². The number of fused-ring (bicyclic) bond motifs is 2. The molecule has 20 heavy (non-hydrogen) atoms. The predicted molar refractivity (Wildman–Crippen MR) is 78.3 cm³/mol.